The number of nitrogens with one attached hydrogen (secondary N) is 2. The van der Waals surface area contributed by atoms with E-state index in [1.165, 1.54) is 11.3 Å². The van der Waals surface area contributed by atoms with Crippen LogP contribution in [0.2, 0.25) is 0 Å². The zero-order chi connectivity index (χ0) is 30.5. The highest BCUT2D eigenvalue weighted by Gasteiger charge is 2.32. The van der Waals surface area contributed by atoms with Gasteiger partial charge in [-0.05, 0) is 61.6 Å². The molecule has 0 aliphatic carbocycles. The predicted octanol–water partition coefficient (Wildman–Crippen LogP) is 4.10. The number of nitrogens with zero attached hydrogens (tertiary/aromatic N) is 6. The Morgan fingerprint density at radius 2 is 2.09 bits per heavy atom. The highest BCUT2D eigenvalue weighted by atomic mass is 32.1. The normalized spacial score (nSPS) is 16.1. The standard InChI is InChI=1S/C31H36N8O3S/c1-20(2)14-23(16-32)30(42)37-12-4-6-24(37)18-38-26-8-7-22(17-33-21(3)19-40)15-25(26)35-31(38)36-29(41)27-9-10-28(43-27)39-13-5-11-34-39/h5,7-11,13-15,20-21,24,33,40H,4,6,12,17-19H2,1-3H3,(H,35,36,41). The van der Waals surface area contributed by atoms with E-state index in [1.54, 1.807) is 27.9 Å². The number of nitriles is 1. The molecule has 3 aromatic heterocycles. The molecule has 5 rings (SSSR count). The minimum atomic E-state index is -0.287. The monoisotopic (exact) mass is 600 g/mol. The maximum Gasteiger partial charge on any atom is 0.268 e. The Balaban J connectivity index is 1.45. The fourth-order valence-corrected chi connectivity index (χ4v) is 6.05. The summed E-state index contributed by atoms with van der Waals surface area (Å²) in [5.41, 5.74) is 2.69. The number of amides is 2. The molecular formula is C31H36N8O3S. The summed E-state index contributed by atoms with van der Waals surface area (Å²) in [4.78, 5) is 33.9. The molecule has 1 aromatic carbocycles. The molecule has 43 heavy (non-hydrogen) atoms. The zero-order valence-electron chi connectivity index (χ0n) is 24.5. The van der Waals surface area contributed by atoms with Crippen molar-refractivity contribution < 1.29 is 14.7 Å². The van der Waals surface area contributed by atoms with E-state index in [9.17, 15) is 20.0 Å². The number of carbonyl (C=O) groups excluding carboxylic acids is 2. The first kappa shape index (κ1) is 30.2. The number of rotatable bonds is 11. The number of imidazole rings is 1. The van der Waals surface area contributed by atoms with E-state index in [-0.39, 0.29) is 42.0 Å². The molecule has 0 saturated carbocycles. The van der Waals surface area contributed by atoms with Gasteiger partial charge in [-0.2, -0.15) is 10.4 Å². The van der Waals surface area contributed by atoms with Crippen molar-refractivity contribution >= 4 is 40.1 Å². The van der Waals surface area contributed by atoms with Gasteiger partial charge in [-0.25, -0.2) is 9.67 Å². The summed E-state index contributed by atoms with van der Waals surface area (Å²) in [6, 6.07) is 13.2. The third kappa shape index (κ3) is 6.85. The summed E-state index contributed by atoms with van der Waals surface area (Å²) in [5, 5.41) is 30.4. The molecule has 0 spiro atoms. The second kappa shape index (κ2) is 13.3. The first-order valence-corrected chi connectivity index (χ1v) is 15.3. The number of aliphatic hydroxyl groups is 1. The van der Waals surface area contributed by atoms with Crippen molar-refractivity contribution in [3.05, 3.63) is 70.9 Å². The second-order valence-corrected chi connectivity index (χ2v) is 12.2. The summed E-state index contributed by atoms with van der Waals surface area (Å²) in [6.07, 6.45) is 6.82. The average Bonchev–Trinajstić information content (AvgIpc) is 3.81. The van der Waals surface area contributed by atoms with Gasteiger partial charge in [0.05, 0.1) is 28.6 Å². The Kier molecular flexibility index (Phi) is 9.35. The van der Waals surface area contributed by atoms with Crippen LogP contribution in [-0.2, 0) is 17.9 Å². The van der Waals surface area contributed by atoms with Gasteiger partial charge in [-0.3, -0.25) is 14.9 Å². The molecule has 4 aromatic rings. The third-order valence-electron chi connectivity index (χ3n) is 7.39. The van der Waals surface area contributed by atoms with Crippen molar-refractivity contribution in [2.24, 2.45) is 5.92 Å². The Morgan fingerprint density at radius 1 is 1.26 bits per heavy atom. The lowest BCUT2D eigenvalue weighted by Crippen LogP contribution is -2.39. The van der Waals surface area contributed by atoms with Gasteiger partial charge in [0, 0.05) is 38.1 Å². The van der Waals surface area contributed by atoms with E-state index in [2.05, 4.69) is 21.8 Å². The van der Waals surface area contributed by atoms with Gasteiger partial charge in [0.15, 0.2) is 0 Å². The van der Waals surface area contributed by atoms with Crippen LogP contribution in [0.25, 0.3) is 16.0 Å². The Morgan fingerprint density at radius 3 is 2.81 bits per heavy atom. The average molecular weight is 601 g/mol. The van der Waals surface area contributed by atoms with Crippen molar-refractivity contribution in [3.63, 3.8) is 0 Å². The lowest BCUT2D eigenvalue weighted by Gasteiger charge is -2.26. The fraction of sp³-hybridized carbons (Fsp3) is 0.387. The molecule has 1 fully saturated rings. The van der Waals surface area contributed by atoms with Crippen LogP contribution < -0.4 is 10.6 Å². The minimum absolute atomic E-state index is 0.0361. The third-order valence-corrected chi connectivity index (χ3v) is 8.47. The van der Waals surface area contributed by atoms with Crippen molar-refractivity contribution in [1.29, 1.82) is 5.26 Å². The molecule has 4 heterocycles. The molecule has 0 bridgehead atoms. The van der Waals surface area contributed by atoms with Crippen molar-refractivity contribution in [3.8, 4) is 11.1 Å². The first-order valence-electron chi connectivity index (χ1n) is 14.4. The van der Waals surface area contributed by atoms with E-state index in [0.29, 0.717) is 36.0 Å². The van der Waals surface area contributed by atoms with E-state index in [1.807, 2.05) is 61.9 Å². The molecule has 0 radical (unpaired) electrons. The summed E-state index contributed by atoms with van der Waals surface area (Å²) in [5.74, 6) is -0.0796. The first-order chi connectivity index (χ1) is 20.8. The zero-order valence-corrected chi connectivity index (χ0v) is 25.3. The summed E-state index contributed by atoms with van der Waals surface area (Å²) in [6.45, 7) is 7.37. The number of carbonyl (C=O) groups is 2. The molecule has 1 aliphatic heterocycles. The number of hydrogen-bond donors (Lipinski definition) is 3. The van der Waals surface area contributed by atoms with Gasteiger partial charge in [-0.1, -0.05) is 26.0 Å². The van der Waals surface area contributed by atoms with Gasteiger partial charge >= 0.3 is 0 Å². The number of allylic oxidation sites excluding steroid dienone is 1. The van der Waals surface area contributed by atoms with Crippen LogP contribution in [0.3, 0.4) is 0 Å². The van der Waals surface area contributed by atoms with Crippen molar-refractivity contribution in [2.75, 3.05) is 18.5 Å². The molecule has 2 atom stereocenters. The van der Waals surface area contributed by atoms with Gasteiger partial charge in [0.2, 0.25) is 5.95 Å². The number of thiophene rings is 1. The van der Waals surface area contributed by atoms with Crippen LogP contribution in [0.15, 0.2) is 60.4 Å². The SMILES string of the molecule is CC(C)C=C(C#N)C(=O)N1CCCC1Cn1c(NC(=O)c2ccc(-n3cccn3)s2)nc2cc(CNC(C)CO)ccc21. The van der Waals surface area contributed by atoms with Gasteiger partial charge in [0.1, 0.15) is 16.6 Å². The van der Waals surface area contributed by atoms with E-state index in [4.69, 9.17) is 4.98 Å². The maximum absolute atomic E-state index is 13.4. The molecule has 2 unspecified atom stereocenters. The molecule has 1 aliphatic rings. The molecule has 11 nitrogen and oxygen atoms in total. The minimum Gasteiger partial charge on any atom is -0.395 e. The molecular weight excluding hydrogens is 564 g/mol. The molecule has 3 N–H and O–H groups in total. The second-order valence-electron chi connectivity index (χ2n) is 11.1. The number of benzene rings is 1. The Hall–Kier alpha value is -4.31. The van der Waals surface area contributed by atoms with Crippen LogP contribution >= 0.6 is 11.3 Å². The highest BCUT2D eigenvalue weighted by molar-refractivity contribution is 7.16. The Labute approximate surface area is 254 Å². The van der Waals surface area contributed by atoms with Gasteiger partial charge in [0.25, 0.3) is 11.8 Å². The maximum atomic E-state index is 13.4. The van der Waals surface area contributed by atoms with Crippen molar-refractivity contribution in [1.82, 2.24) is 29.5 Å². The van der Waals surface area contributed by atoms with E-state index < -0.39 is 0 Å². The summed E-state index contributed by atoms with van der Waals surface area (Å²) in [7, 11) is 0. The lowest BCUT2D eigenvalue weighted by atomic mass is 10.1. The number of aromatic nitrogens is 4. The van der Waals surface area contributed by atoms with E-state index in [0.717, 1.165) is 28.9 Å². The highest BCUT2D eigenvalue weighted by Crippen LogP contribution is 2.28. The fourth-order valence-electron chi connectivity index (χ4n) is 5.21. The smallest absolute Gasteiger partial charge is 0.268 e. The quantitative estimate of drug-likeness (QED) is 0.174. The number of likely N-dealkylation sites (tertiary alicyclic amines) is 1. The number of hydrogen-bond acceptors (Lipinski definition) is 8. The molecule has 1 saturated heterocycles. The number of fused-ring (bicyclic) bond motifs is 1. The number of anilines is 1. The molecule has 12 heteroatoms. The number of aliphatic hydroxyl groups excluding tert-OH is 1. The molecule has 2 amide bonds. The van der Waals surface area contributed by atoms with Gasteiger partial charge in [-0.15, -0.1) is 11.3 Å². The van der Waals surface area contributed by atoms with Crippen LogP contribution in [0.1, 0.15) is 48.8 Å². The lowest BCUT2D eigenvalue weighted by molar-refractivity contribution is -0.127. The van der Waals surface area contributed by atoms with Crippen LogP contribution in [0.5, 0.6) is 0 Å². The summed E-state index contributed by atoms with van der Waals surface area (Å²) < 4.78 is 3.66. The van der Waals surface area contributed by atoms with Crippen LogP contribution in [0, 0.1) is 17.2 Å². The largest absolute Gasteiger partial charge is 0.395 e. The topological polar surface area (TPSA) is 141 Å². The predicted molar refractivity (Wildman–Crippen MR) is 166 cm³/mol. The van der Waals surface area contributed by atoms with Gasteiger partial charge < -0.3 is 19.9 Å². The van der Waals surface area contributed by atoms with Crippen molar-refractivity contribution in [2.45, 2.75) is 58.8 Å². The Bertz CT molecular complexity index is 1660. The van der Waals surface area contributed by atoms with Crippen LogP contribution in [-0.4, -0.2) is 66.4 Å². The molecule has 224 valence electrons. The van der Waals surface area contributed by atoms with Crippen LogP contribution in [0.4, 0.5) is 5.95 Å². The summed E-state index contributed by atoms with van der Waals surface area (Å²) >= 11 is 1.33. The van der Waals surface area contributed by atoms with E-state index >= 15 is 0 Å².